The second kappa shape index (κ2) is 18.7. The van der Waals surface area contributed by atoms with Crippen LogP contribution in [0.1, 0.15) is 93.4 Å². The van der Waals surface area contributed by atoms with Gasteiger partial charge in [0.2, 0.25) is 0 Å². The second-order valence-electron chi connectivity index (χ2n) is 9.02. The number of carbonyl (C=O) groups excluding carboxylic acids is 1. The zero-order valence-electron chi connectivity index (χ0n) is 22.3. The van der Waals surface area contributed by atoms with Crippen LogP contribution in [-0.2, 0) is 14.3 Å². The zero-order valence-corrected chi connectivity index (χ0v) is 22.3. The van der Waals surface area contributed by atoms with Crippen molar-refractivity contribution in [2.45, 2.75) is 99.5 Å². The average molecular weight is 471 g/mol. The molecule has 2 rings (SSSR count). The van der Waals surface area contributed by atoms with Gasteiger partial charge in [-0.25, -0.2) is 0 Å². The molecule has 0 aromatic carbocycles. The molecule has 0 aromatic heterocycles. The highest BCUT2D eigenvalue weighted by Gasteiger charge is 2.30. The summed E-state index contributed by atoms with van der Waals surface area (Å²) >= 11 is 0. The van der Waals surface area contributed by atoms with Crippen molar-refractivity contribution in [3.8, 4) is 0 Å². The number of ether oxygens (including phenoxy) is 1. The Morgan fingerprint density at radius 2 is 1.85 bits per heavy atom. The first-order chi connectivity index (χ1) is 15.5. The van der Waals surface area contributed by atoms with Gasteiger partial charge in [-0.2, -0.15) is 0 Å². The van der Waals surface area contributed by atoms with Crippen LogP contribution in [0.3, 0.4) is 0 Å². The Bertz CT molecular complexity index is 593. The molecule has 4 unspecified atom stereocenters. The number of carboxylic acid groups (broad SMARTS) is 1. The number of hydrogen-bond acceptors (Lipinski definition) is 5. The SMILES string of the molecule is CC.CCC(C)(C)C(=O)OC.CCC1C(C)C=CC2=CCCCC21.O=C(O)CC(O)CCO. The third-order valence-electron chi connectivity index (χ3n) is 6.28. The quantitative estimate of drug-likeness (QED) is 0.408. The van der Waals surface area contributed by atoms with Crippen LogP contribution in [0.15, 0.2) is 23.8 Å². The summed E-state index contributed by atoms with van der Waals surface area (Å²) in [5.41, 5.74) is 1.32. The Morgan fingerprint density at radius 3 is 2.27 bits per heavy atom. The van der Waals surface area contributed by atoms with E-state index in [2.05, 4.69) is 36.8 Å². The van der Waals surface area contributed by atoms with Gasteiger partial charge in [0.25, 0.3) is 0 Å². The van der Waals surface area contributed by atoms with E-state index in [4.69, 9.17) is 15.3 Å². The van der Waals surface area contributed by atoms with Gasteiger partial charge in [-0.15, -0.1) is 0 Å². The van der Waals surface area contributed by atoms with Crippen LogP contribution in [0.2, 0.25) is 0 Å². The number of methoxy groups -OCH3 is 1. The summed E-state index contributed by atoms with van der Waals surface area (Å²) in [7, 11) is 1.42. The van der Waals surface area contributed by atoms with Crippen LogP contribution < -0.4 is 0 Å². The lowest BCUT2D eigenvalue weighted by Crippen LogP contribution is -2.26. The van der Waals surface area contributed by atoms with Gasteiger partial charge in [0.1, 0.15) is 0 Å². The first kappa shape index (κ1) is 33.5. The minimum atomic E-state index is -1.05. The van der Waals surface area contributed by atoms with Crippen molar-refractivity contribution in [1.29, 1.82) is 0 Å². The normalized spacial score (nSPS) is 21.9. The van der Waals surface area contributed by atoms with E-state index in [0.717, 1.165) is 24.2 Å². The van der Waals surface area contributed by atoms with Crippen molar-refractivity contribution in [2.24, 2.45) is 23.2 Å². The lowest BCUT2D eigenvalue weighted by Gasteiger charge is -2.36. The van der Waals surface area contributed by atoms with Gasteiger partial charge in [0.05, 0.1) is 25.0 Å². The summed E-state index contributed by atoms with van der Waals surface area (Å²) in [6.45, 7) is 14.3. The number of rotatable bonds is 7. The van der Waals surface area contributed by atoms with E-state index < -0.39 is 12.1 Å². The fourth-order valence-electron chi connectivity index (χ4n) is 3.88. The third kappa shape index (κ3) is 13.6. The van der Waals surface area contributed by atoms with E-state index >= 15 is 0 Å². The summed E-state index contributed by atoms with van der Waals surface area (Å²) in [6.07, 6.45) is 12.5. The smallest absolute Gasteiger partial charge is 0.311 e. The van der Waals surface area contributed by atoms with Crippen LogP contribution in [0.4, 0.5) is 0 Å². The maximum absolute atomic E-state index is 10.8. The fraction of sp³-hybridized carbons (Fsp3) is 0.778. The van der Waals surface area contributed by atoms with Gasteiger partial charge in [-0.1, -0.05) is 59.3 Å². The zero-order chi connectivity index (χ0) is 26.0. The first-order valence-electron chi connectivity index (χ1n) is 12.5. The highest BCUT2D eigenvalue weighted by atomic mass is 16.5. The topological polar surface area (TPSA) is 104 Å². The average Bonchev–Trinajstić information content (AvgIpc) is 2.80. The Labute approximate surface area is 202 Å². The molecule has 0 spiro atoms. The van der Waals surface area contributed by atoms with Gasteiger partial charge in [0.15, 0.2) is 0 Å². The molecule has 6 heteroatoms. The standard InChI is InChI=1S/C13H20.C7H14O2.C5H10O4.C2H6/c1-3-12-10(2)8-9-11-6-4-5-7-13(11)12;1-5-7(2,3)6(8)9-4;6-2-1-4(7)3-5(8)9;1-2/h6,8-10,12-13H,3-5,7H2,1-2H3;5H2,1-4H3;4,6-7H,1-3H2,(H,8,9);1-2H3. The van der Waals surface area contributed by atoms with E-state index in [0.29, 0.717) is 0 Å². The molecule has 0 amide bonds. The molecule has 194 valence electrons. The number of fused-ring (bicyclic) bond motifs is 1. The number of aliphatic hydroxyl groups excluding tert-OH is 2. The summed E-state index contributed by atoms with van der Waals surface area (Å²) in [4.78, 5) is 20.7. The fourth-order valence-corrected chi connectivity index (χ4v) is 3.88. The first-order valence-corrected chi connectivity index (χ1v) is 12.5. The minimum Gasteiger partial charge on any atom is -0.481 e. The van der Waals surface area contributed by atoms with Gasteiger partial charge >= 0.3 is 11.9 Å². The van der Waals surface area contributed by atoms with E-state index in [-0.39, 0.29) is 30.8 Å². The molecule has 0 fully saturated rings. The maximum atomic E-state index is 10.8. The van der Waals surface area contributed by atoms with E-state index in [1.807, 2.05) is 34.6 Å². The number of aliphatic hydroxyl groups is 2. The molecular formula is C27H50O6. The Morgan fingerprint density at radius 1 is 1.24 bits per heavy atom. The van der Waals surface area contributed by atoms with Gasteiger partial charge in [-0.05, 0) is 69.3 Å². The highest BCUT2D eigenvalue weighted by Crippen LogP contribution is 2.41. The van der Waals surface area contributed by atoms with Crippen LogP contribution in [0.5, 0.6) is 0 Å². The molecule has 2 aliphatic rings. The van der Waals surface area contributed by atoms with Crippen molar-refractivity contribution in [2.75, 3.05) is 13.7 Å². The Balaban J connectivity index is 0. The summed E-state index contributed by atoms with van der Waals surface area (Å²) in [6, 6.07) is 0. The molecule has 0 saturated carbocycles. The molecule has 0 aromatic rings. The summed E-state index contributed by atoms with van der Waals surface area (Å²) in [5.74, 6) is 1.42. The number of allylic oxidation sites excluding steroid dienone is 4. The number of aliphatic carboxylic acids is 1. The molecule has 0 radical (unpaired) electrons. The van der Waals surface area contributed by atoms with Crippen molar-refractivity contribution in [3.05, 3.63) is 23.8 Å². The maximum Gasteiger partial charge on any atom is 0.311 e. The molecule has 3 N–H and O–H groups in total. The molecule has 0 saturated heterocycles. The third-order valence-corrected chi connectivity index (χ3v) is 6.28. The van der Waals surface area contributed by atoms with Crippen LogP contribution in [-0.4, -0.2) is 47.1 Å². The van der Waals surface area contributed by atoms with E-state index in [9.17, 15) is 9.59 Å². The minimum absolute atomic E-state index is 0.131. The van der Waals surface area contributed by atoms with E-state index in [1.165, 1.54) is 32.8 Å². The summed E-state index contributed by atoms with van der Waals surface area (Å²) in [5, 5.41) is 24.9. The largest absolute Gasteiger partial charge is 0.481 e. The van der Waals surface area contributed by atoms with Crippen molar-refractivity contribution >= 4 is 11.9 Å². The lowest BCUT2D eigenvalue weighted by atomic mass is 9.69. The molecule has 0 heterocycles. The van der Waals surface area contributed by atoms with Crippen LogP contribution in [0.25, 0.3) is 0 Å². The van der Waals surface area contributed by atoms with Crippen molar-refractivity contribution in [1.82, 2.24) is 0 Å². The summed E-state index contributed by atoms with van der Waals surface area (Å²) < 4.78 is 4.57. The molecule has 0 aliphatic heterocycles. The molecule has 2 aliphatic carbocycles. The molecule has 6 nitrogen and oxygen atoms in total. The predicted octanol–water partition coefficient (Wildman–Crippen LogP) is 5.77. The van der Waals surface area contributed by atoms with Crippen LogP contribution in [0, 0.1) is 23.2 Å². The number of carbonyl (C=O) groups is 2. The lowest BCUT2D eigenvalue weighted by molar-refractivity contribution is -0.150. The van der Waals surface area contributed by atoms with Crippen molar-refractivity contribution in [3.63, 3.8) is 0 Å². The van der Waals surface area contributed by atoms with Gasteiger partial charge in [0, 0.05) is 6.61 Å². The molecule has 0 bridgehead atoms. The highest BCUT2D eigenvalue weighted by molar-refractivity contribution is 5.75. The molecule has 33 heavy (non-hydrogen) atoms. The molecule has 4 atom stereocenters. The number of carboxylic acids is 1. The predicted molar refractivity (Wildman–Crippen MR) is 135 cm³/mol. The van der Waals surface area contributed by atoms with E-state index in [1.54, 1.807) is 5.57 Å². The van der Waals surface area contributed by atoms with Gasteiger partial charge in [-0.3, -0.25) is 9.59 Å². The Hall–Kier alpha value is -1.66. The van der Waals surface area contributed by atoms with Crippen molar-refractivity contribution < 1.29 is 29.6 Å². The monoisotopic (exact) mass is 470 g/mol. The number of hydrogen-bond donors (Lipinski definition) is 3. The second-order valence-corrected chi connectivity index (χ2v) is 9.02. The van der Waals surface area contributed by atoms with Crippen LogP contribution >= 0.6 is 0 Å². The van der Waals surface area contributed by atoms with Gasteiger partial charge < -0.3 is 20.1 Å². The Kier molecular flexibility index (Phi) is 19.0. The molecular weight excluding hydrogens is 420 g/mol. The number of esters is 1.